The van der Waals surface area contributed by atoms with Gasteiger partial charge in [0.15, 0.2) is 18.1 Å². The number of amides is 2. The summed E-state index contributed by atoms with van der Waals surface area (Å²) in [5.41, 5.74) is 1.04. The first-order chi connectivity index (χ1) is 14.4. The van der Waals surface area contributed by atoms with Gasteiger partial charge in [-0.25, -0.2) is 9.69 Å². The van der Waals surface area contributed by atoms with E-state index in [4.69, 9.17) is 25.8 Å². The zero-order valence-corrected chi connectivity index (χ0v) is 17.8. The Balaban J connectivity index is 1.85. The maximum atomic E-state index is 12.7. The van der Waals surface area contributed by atoms with Gasteiger partial charge in [-0.3, -0.25) is 9.59 Å². The largest absolute Gasteiger partial charge is 0.493 e. The molecule has 1 aliphatic heterocycles. The Kier molecular flexibility index (Phi) is 7.02. The Labute approximate surface area is 182 Å². The van der Waals surface area contributed by atoms with Crippen LogP contribution in [0.25, 0.3) is 6.08 Å². The standard InChI is InChI=1S/C21H18ClNO6S/c1-3-28-18(24)12-29-19-15(22)9-13(10-16(19)27-2)11-17-20(25)23(21(26)30-17)14-7-5-4-6-8-14/h4-11H,3,12H2,1-2H3/b17-11-. The zero-order valence-electron chi connectivity index (χ0n) is 16.2. The van der Waals surface area contributed by atoms with Crippen molar-refractivity contribution in [3.63, 3.8) is 0 Å². The van der Waals surface area contributed by atoms with Crippen LogP contribution in [0, 0.1) is 0 Å². The highest BCUT2D eigenvalue weighted by atomic mass is 35.5. The lowest BCUT2D eigenvalue weighted by Crippen LogP contribution is -2.27. The molecule has 9 heteroatoms. The minimum atomic E-state index is -0.533. The molecule has 2 amide bonds. The van der Waals surface area contributed by atoms with Gasteiger partial charge in [0.2, 0.25) is 0 Å². The number of methoxy groups -OCH3 is 1. The summed E-state index contributed by atoms with van der Waals surface area (Å²) in [5.74, 6) is -0.495. The molecule has 2 aromatic carbocycles. The number of hydrogen-bond acceptors (Lipinski definition) is 7. The first kappa shape index (κ1) is 21.7. The molecular formula is C21H18ClNO6S. The van der Waals surface area contributed by atoms with Crippen LogP contribution in [0.1, 0.15) is 12.5 Å². The van der Waals surface area contributed by atoms with Crippen molar-refractivity contribution < 1.29 is 28.6 Å². The molecule has 7 nitrogen and oxygen atoms in total. The molecule has 1 heterocycles. The van der Waals surface area contributed by atoms with Crippen LogP contribution in [-0.4, -0.2) is 37.4 Å². The van der Waals surface area contributed by atoms with E-state index in [1.54, 1.807) is 55.5 Å². The maximum absolute atomic E-state index is 12.7. The van der Waals surface area contributed by atoms with Crippen LogP contribution in [0.2, 0.25) is 5.02 Å². The van der Waals surface area contributed by atoms with E-state index in [9.17, 15) is 14.4 Å². The second-order valence-corrected chi connectivity index (χ2v) is 7.38. The summed E-state index contributed by atoms with van der Waals surface area (Å²) >= 11 is 7.13. The van der Waals surface area contributed by atoms with E-state index in [0.717, 1.165) is 16.7 Å². The van der Waals surface area contributed by atoms with Crippen molar-refractivity contribution in [3.8, 4) is 11.5 Å². The Bertz CT molecular complexity index is 1010. The van der Waals surface area contributed by atoms with E-state index >= 15 is 0 Å². The van der Waals surface area contributed by atoms with Crippen LogP contribution in [0.15, 0.2) is 47.4 Å². The quantitative estimate of drug-likeness (QED) is 0.455. The van der Waals surface area contributed by atoms with Crippen LogP contribution in [-0.2, 0) is 14.3 Å². The third kappa shape index (κ3) is 4.77. The van der Waals surface area contributed by atoms with E-state index in [1.165, 1.54) is 7.11 Å². The molecule has 1 fully saturated rings. The lowest BCUT2D eigenvalue weighted by Gasteiger charge is -2.13. The molecular weight excluding hydrogens is 430 g/mol. The summed E-state index contributed by atoms with van der Waals surface area (Å²) in [6.07, 6.45) is 1.55. The number of rotatable bonds is 7. The molecule has 0 unspecified atom stereocenters. The van der Waals surface area contributed by atoms with Crippen LogP contribution >= 0.6 is 23.4 Å². The Morgan fingerprint density at radius 2 is 1.93 bits per heavy atom. The van der Waals surface area contributed by atoms with Crippen molar-refractivity contribution >= 4 is 52.2 Å². The number of hydrogen-bond donors (Lipinski definition) is 0. The van der Waals surface area contributed by atoms with Crippen molar-refractivity contribution in [2.75, 3.05) is 25.2 Å². The van der Waals surface area contributed by atoms with Gasteiger partial charge in [-0.1, -0.05) is 29.8 Å². The normalized spacial score (nSPS) is 14.9. The minimum absolute atomic E-state index is 0.182. The number of nitrogens with zero attached hydrogens (tertiary/aromatic N) is 1. The highest BCUT2D eigenvalue weighted by molar-refractivity contribution is 8.19. The second kappa shape index (κ2) is 9.69. The summed E-state index contributed by atoms with van der Waals surface area (Å²) in [7, 11) is 1.43. The van der Waals surface area contributed by atoms with Crippen molar-refractivity contribution in [2.45, 2.75) is 6.92 Å². The molecule has 0 saturated carbocycles. The number of ether oxygens (including phenoxy) is 3. The van der Waals surface area contributed by atoms with Gasteiger partial charge in [0.05, 0.1) is 29.3 Å². The van der Waals surface area contributed by atoms with Gasteiger partial charge in [-0.15, -0.1) is 0 Å². The molecule has 156 valence electrons. The molecule has 30 heavy (non-hydrogen) atoms. The Morgan fingerprint density at radius 3 is 2.60 bits per heavy atom. The molecule has 2 aromatic rings. The van der Waals surface area contributed by atoms with E-state index in [1.807, 2.05) is 0 Å². The summed E-state index contributed by atoms with van der Waals surface area (Å²) < 4.78 is 15.6. The highest BCUT2D eigenvalue weighted by Gasteiger charge is 2.36. The fourth-order valence-electron chi connectivity index (χ4n) is 2.72. The van der Waals surface area contributed by atoms with Gasteiger partial charge in [0.25, 0.3) is 11.1 Å². The van der Waals surface area contributed by atoms with Gasteiger partial charge in [0.1, 0.15) is 0 Å². The molecule has 0 bridgehead atoms. The molecule has 3 rings (SSSR count). The third-order valence-corrected chi connectivity index (χ3v) is 5.15. The number of carbonyl (C=O) groups excluding carboxylic acids is 3. The van der Waals surface area contributed by atoms with Crippen LogP contribution < -0.4 is 14.4 Å². The number of anilines is 1. The molecule has 0 radical (unpaired) electrons. The Morgan fingerprint density at radius 1 is 1.20 bits per heavy atom. The van der Waals surface area contributed by atoms with Crippen molar-refractivity contribution in [1.82, 2.24) is 0 Å². The van der Waals surface area contributed by atoms with E-state index in [-0.39, 0.29) is 39.9 Å². The number of halogens is 1. The summed E-state index contributed by atoms with van der Waals surface area (Å²) in [4.78, 5) is 38.0. The molecule has 0 atom stereocenters. The van der Waals surface area contributed by atoms with Gasteiger partial charge < -0.3 is 14.2 Å². The first-order valence-corrected chi connectivity index (χ1v) is 10.1. The van der Waals surface area contributed by atoms with Crippen LogP contribution in [0.5, 0.6) is 11.5 Å². The first-order valence-electron chi connectivity index (χ1n) is 8.93. The van der Waals surface area contributed by atoms with Gasteiger partial charge in [-0.2, -0.15) is 0 Å². The fourth-order valence-corrected chi connectivity index (χ4v) is 3.83. The number of para-hydroxylation sites is 1. The molecule has 0 aliphatic carbocycles. The van der Waals surface area contributed by atoms with Gasteiger partial charge >= 0.3 is 5.97 Å². The number of thioether (sulfide) groups is 1. The molecule has 0 aromatic heterocycles. The average molecular weight is 448 g/mol. The van der Waals surface area contributed by atoms with Crippen LogP contribution in [0.4, 0.5) is 10.5 Å². The SMILES string of the molecule is CCOC(=O)COc1c(Cl)cc(/C=C2\SC(=O)N(c3ccccc3)C2=O)cc1OC. The molecule has 0 spiro atoms. The fraction of sp³-hybridized carbons (Fsp3) is 0.190. The van der Waals surface area contributed by atoms with Crippen molar-refractivity contribution in [2.24, 2.45) is 0 Å². The van der Waals surface area contributed by atoms with E-state index in [2.05, 4.69) is 0 Å². The Hall–Kier alpha value is -2.97. The number of carbonyl (C=O) groups is 3. The number of esters is 1. The second-order valence-electron chi connectivity index (χ2n) is 5.98. The van der Waals surface area contributed by atoms with Crippen molar-refractivity contribution in [3.05, 3.63) is 58.0 Å². The lowest BCUT2D eigenvalue weighted by molar-refractivity contribution is -0.145. The summed E-state index contributed by atoms with van der Waals surface area (Å²) in [6, 6.07) is 11.8. The maximum Gasteiger partial charge on any atom is 0.344 e. The van der Waals surface area contributed by atoms with Crippen molar-refractivity contribution in [1.29, 1.82) is 0 Å². The smallest absolute Gasteiger partial charge is 0.344 e. The zero-order chi connectivity index (χ0) is 21.7. The molecule has 0 N–H and O–H groups in total. The lowest BCUT2D eigenvalue weighted by atomic mass is 10.1. The number of imide groups is 1. The van der Waals surface area contributed by atoms with E-state index in [0.29, 0.717) is 11.3 Å². The summed E-state index contributed by atoms with van der Waals surface area (Å²) in [5, 5.41) is -0.197. The van der Waals surface area contributed by atoms with Gasteiger partial charge in [-0.05, 0) is 54.6 Å². The average Bonchev–Trinajstić information content (AvgIpc) is 3.00. The third-order valence-electron chi connectivity index (χ3n) is 4.00. The highest BCUT2D eigenvalue weighted by Crippen LogP contribution is 2.39. The predicted molar refractivity (Wildman–Crippen MR) is 115 cm³/mol. The monoisotopic (exact) mass is 447 g/mol. The number of benzene rings is 2. The molecule has 1 aliphatic rings. The van der Waals surface area contributed by atoms with Crippen LogP contribution in [0.3, 0.4) is 0 Å². The minimum Gasteiger partial charge on any atom is -0.493 e. The predicted octanol–water partition coefficient (Wildman–Crippen LogP) is 4.53. The van der Waals surface area contributed by atoms with Gasteiger partial charge in [0, 0.05) is 0 Å². The van der Waals surface area contributed by atoms with E-state index < -0.39 is 11.9 Å². The molecule has 1 saturated heterocycles. The topological polar surface area (TPSA) is 82.1 Å². The summed E-state index contributed by atoms with van der Waals surface area (Å²) in [6.45, 7) is 1.61.